The molecule has 3 aromatic carbocycles. The Kier molecular flexibility index (Phi) is 12.1. The van der Waals surface area contributed by atoms with Gasteiger partial charge < -0.3 is 29.8 Å². The van der Waals surface area contributed by atoms with Crippen molar-refractivity contribution in [1.29, 1.82) is 0 Å². The Bertz CT molecular complexity index is 2980. The summed E-state index contributed by atoms with van der Waals surface area (Å²) in [6.45, 7) is 9.07. The monoisotopic (exact) mass is 959 g/mol. The van der Waals surface area contributed by atoms with Crippen LogP contribution in [0, 0.1) is 39.6 Å². The lowest BCUT2D eigenvalue weighted by molar-refractivity contribution is -0.384. The number of anilines is 2. The molecule has 15 nitrogen and oxygen atoms in total. The van der Waals surface area contributed by atoms with Crippen LogP contribution in [-0.2, 0) is 10.0 Å². The highest BCUT2D eigenvalue weighted by molar-refractivity contribution is 7.90. The number of benzene rings is 3. The number of carbonyl (C=O) groups is 1. The molecule has 0 bridgehead atoms. The van der Waals surface area contributed by atoms with E-state index in [2.05, 4.69) is 73.8 Å². The van der Waals surface area contributed by atoms with Crippen LogP contribution in [0.1, 0.15) is 124 Å². The molecule has 0 unspecified atom stereocenters. The SMILES string of the molecule is C#Cc1nc2[nH]cc(F)c2cc1Oc1cc(N2CCC3(CC2)CC(N2CCC[C@H]2c2ccccc2C(C)C)C3)ccc1C(=O)NS(=O)(=O)c1cc2c(c([N+](=O)[O-])c1)N[C@@H](C1CCC(C)(O)CC1)CO2. The Morgan fingerprint density at radius 1 is 1.06 bits per heavy atom. The summed E-state index contributed by atoms with van der Waals surface area (Å²) >= 11 is 0. The number of pyridine rings is 1. The largest absolute Gasteiger partial charge is 0.489 e. The summed E-state index contributed by atoms with van der Waals surface area (Å²) in [5.41, 5.74) is 2.64. The number of hydrogen-bond donors (Lipinski definition) is 4. The van der Waals surface area contributed by atoms with Crippen molar-refractivity contribution in [2.75, 3.05) is 36.5 Å². The van der Waals surface area contributed by atoms with Crippen LogP contribution in [-0.4, -0.2) is 83.1 Å². The van der Waals surface area contributed by atoms with E-state index in [1.54, 1.807) is 19.1 Å². The molecule has 3 aliphatic heterocycles. The number of carbonyl (C=O) groups excluding carboxylic acids is 1. The maximum absolute atomic E-state index is 14.8. The molecule has 0 radical (unpaired) electrons. The van der Waals surface area contributed by atoms with Gasteiger partial charge in [-0.25, -0.2) is 22.5 Å². The summed E-state index contributed by atoms with van der Waals surface area (Å²) in [4.78, 5) is 37.4. The number of sulfonamides is 1. The summed E-state index contributed by atoms with van der Waals surface area (Å²) in [7, 11) is -4.76. The summed E-state index contributed by atoms with van der Waals surface area (Å²) in [5.74, 6) is 1.20. The number of amides is 1. The second-order valence-electron chi connectivity index (χ2n) is 20.4. The second kappa shape index (κ2) is 17.9. The number of halogens is 1. The third-order valence-corrected chi connectivity index (χ3v) is 16.9. The minimum Gasteiger partial charge on any atom is -0.489 e. The fourth-order valence-corrected chi connectivity index (χ4v) is 12.7. The predicted molar refractivity (Wildman–Crippen MR) is 260 cm³/mol. The molecule has 4 fully saturated rings. The number of aromatic amines is 1. The molecule has 17 heteroatoms. The molecule has 2 atom stereocenters. The van der Waals surface area contributed by atoms with E-state index in [0.29, 0.717) is 43.7 Å². The summed E-state index contributed by atoms with van der Waals surface area (Å²) in [6.07, 6.45) is 16.1. The maximum Gasteiger partial charge on any atom is 0.297 e. The summed E-state index contributed by atoms with van der Waals surface area (Å²) in [5, 5.41) is 26.2. The fourth-order valence-electron chi connectivity index (χ4n) is 11.7. The topological polar surface area (TPSA) is 192 Å². The Hall–Kier alpha value is -6.22. The van der Waals surface area contributed by atoms with Crippen molar-refractivity contribution in [1.82, 2.24) is 19.6 Å². The average molecular weight is 960 g/mol. The van der Waals surface area contributed by atoms with E-state index in [0.717, 1.165) is 69.3 Å². The van der Waals surface area contributed by atoms with Gasteiger partial charge >= 0.3 is 0 Å². The molecule has 5 heterocycles. The number of piperidine rings is 1. The van der Waals surface area contributed by atoms with Gasteiger partial charge in [0, 0.05) is 55.3 Å². The lowest BCUT2D eigenvalue weighted by Crippen LogP contribution is -2.54. The van der Waals surface area contributed by atoms with Crippen LogP contribution in [0.25, 0.3) is 11.0 Å². The Labute approximate surface area is 401 Å². The Morgan fingerprint density at radius 3 is 2.54 bits per heavy atom. The van der Waals surface area contributed by atoms with E-state index in [9.17, 15) is 32.8 Å². The van der Waals surface area contributed by atoms with Gasteiger partial charge in [0.25, 0.3) is 21.6 Å². The zero-order valence-corrected chi connectivity index (χ0v) is 39.9. The molecule has 10 rings (SSSR count). The van der Waals surface area contributed by atoms with E-state index in [-0.39, 0.29) is 69.2 Å². The van der Waals surface area contributed by atoms with Crippen LogP contribution in [0.15, 0.2) is 71.8 Å². The minimum absolute atomic E-state index is 0.0219. The van der Waals surface area contributed by atoms with Crippen LogP contribution in [0.3, 0.4) is 0 Å². The lowest BCUT2D eigenvalue weighted by Gasteiger charge is -2.56. The smallest absolute Gasteiger partial charge is 0.297 e. The van der Waals surface area contributed by atoms with Gasteiger partial charge in [-0.1, -0.05) is 38.1 Å². The zero-order chi connectivity index (χ0) is 48.4. The van der Waals surface area contributed by atoms with Crippen molar-refractivity contribution in [2.24, 2.45) is 11.3 Å². The molecular formula is C52H58FN7O8S. The molecule has 4 N–H and O–H groups in total. The number of nitro groups is 1. The van der Waals surface area contributed by atoms with Crippen molar-refractivity contribution in [2.45, 2.75) is 120 Å². The first kappa shape index (κ1) is 46.5. The number of hydrogen-bond acceptors (Lipinski definition) is 12. The highest BCUT2D eigenvalue weighted by atomic mass is 32.2. The quantitative estimate of drug-likeness (QED) is 0.0558. The standard InChI is InChI=1S/C52H58FN7O8S/c1-5-41-46(26-39-40(53)29-54-49(39)56-41)68-45-23-33(58-21-18-52(19-22-58)27-34(28-52)59-20-8-11-43(59)37-10-7-6-9-36(37)31(2)3)12-13-38(45)50(61)57-69(65,66)35-24-44(60(63)64)48-47(25-35)67-30-42(55-48)32-14-16-51(4,62)17-15-32/h1,6-7,9-10,12-13,23-26,29,31-32,34,42-43,55,62H,8,11,14-22,27-28,30H2,2-4H3,(H,54,56)(H,57,61)/t32?,42-,43+,51?/m1/s1. The normalized spacial score (nSPS) is 23.7. The van der Waals surface area contributed by atoms with Crippen LogP contribution in [0.5, 0.6) is 17.2 Å². The van der Waals surface area contributed by atoms with Gasteiger partial charge in [0.05, 0.1) is 32.4 Å². The molecule has 2 aromatic heterocycles. The number of nitro benzene ring substituents is 1. The first-order valence-electron chi connectivity index (χ1n) is 24.1. The number of H-pyrrole nitrogens is 1. The van der Waals surface area contributed by atoms with Crippen LogP contribution in [0.2, 0.25) is 0 Å². The van der Waals surface area contributed by atoms with Crippen molar-refractivity contribution in [3.05, 3.63) is 105 Å². The van der Waals surface area contributed by atoms with E-state index >= 15 is 0 Å². The van der Waals surface area contributed by atoms with Gasteiger partial charge in [0.15, 0.2) is 22.9 Å². The molecule has 1 amide bonds. The van der Waals surface area contributed by atoms with E-state index < -0.39 is 42.9 Å². The first-order valence-corrected chi connectivity index (χ1v) is 25.6. The number of rotatable bonds is 11. The average Bonchev–Trinajstić information content (AvgIpc) is 3.96. The third kappa shape index (κ3) is 8.98. The molecule has 5 aliphatic rings. The molecular weight excluding hydrogens is 902 g/mol. The number of likely N-dealkylation sites (tertiary alicyclic amines) is 1. The van der Waals surface area contributed by atoms with Crippen LogP contribution in [0.4, 0.5) is 21.5 Å². The number of aromatic nitrogens is 2. The highest BCUT2D eigenvalue weighted by Gasteiger charge is 2.50. The van der Waals surface area contributed by atoms with Gasteiger partial charge in [-0.05, 0) is 130 Å². The van der Waals surface area contributed by atoms with Gasteiger partial charge in [0.2, 0.25) is 0 Å². The molecule has 69 heavy (non-hydrogen) atoms. The van der Waals surface area contributed by atoms with E-state index in [1.807, 2.05) is 0 Å². The Balaban J connectivity index is 0.884. The Morgan fingerprint density at radius 2 is 1.81 bits per heavy atom. The molecule has 2 aliphatic carbocycles. The number of nitrogens with zero attached hydrogens (tertiary/aromatic N) is 4. The van der Waals surface area contributed by atoms with Gasteiger partial charge in [0.1, 0.15) is 23.8 Å². The zero-order valence-electron chi connectivity index (χ0n) is 39.1. The second-order valence-corrected chi connectivity index (χ2v) is 22.1. The van der Waals surface area contributed by atoms with Gasteiger partial charge in [-0.15, -0.1) is 6.42 Å². The van der Waals surface area contributed by atoms with E-state index in [4.69, 9.17) is 15.9 Å². The third-order valence-electron chi connectivity index (χ3n) is 15.6. The van der Waals surface area contributed by atoms with Crippen LogP contribution < -0.4 is 24.4 Å². The first-order chi connectivity index (χ1) is 33.0. The van der Waals surface area contributed by atoms with Crippen molar-refractivity contribution in [3.63, 3.8) is 0 Å². The molecule has 2 saturated carbocycles. The predicted octanol–water partition coefficient (Wildman–Crippen LogP) is 9.33. The van der Waals surface area contributed by atoms with Crippen molar-refractivity contribution in [3.8, 4) is 29.6 Å². The number of fused-ring (bicyclic) bond motifs is 2. The maximum atomic E-state index is 14.8. The molecule has 2 saturated heterocycles. The van der Waals surface area contributed by atoms with Crippen LogP contribution >= 0.6 is 0 Å². The number of aliphatic hydroxyl groups is 1. The lowest BCUT2D eigenvalue weighted by atomic mass is 9.59. The van der Waals surface area contributed by atoms with Crippen molar-refractivity contribution < 1.29 is 37.1 Å². The number of ether oxygens (including phenoxy) is 2. The van der Waals surface area contributed by atoms with E-state index in [1.165, 1.54) is 36.1 Å². The van der Waals surface area contributed by atoms with Gasteiger partial charge in [-0.3, -0.25) is 19.8 Å². The summed E-state index contributed by atoms with van der Waals surface area (Å²) < 4.78 is 57.3. The molecule has 362 valence electrons. The van der Waals surface area contributed by atoms with Crippen molar-refractivity contribution >= 4 is 44.0 Å². The minimum atomic E-state index is -4.76. The fraction of sp³-hybridized carbons (Fsp3) is 0.462. The highest BCUT2D eigenvalue weighted by Crippen LogP contribution is 2.54. The molecule has 5 aromatic rings. The number of terminal acetylenes is 1. The number of nitrogens with one attached hydrogen (secondary N) is 3. The summed E-state index contributed by atoms with van der Waals surface area (Å²) in [6, 6.07) is 17.9. The molecule has 1 spiro atoms. The van der Waals surface area contributed by atoms with Gasteiger partial charge in [-0.2, -0.15) is 0 Å².